The molecule has 0 aromatic heterocycles. The van der Waals surface area contributed by atoms with Gasteiger partial charge in [-0.05, 0) is 18.9 Å². The molecule has 16 heavy (non-hydrogen) atoms. The number of para-hydroxylation sites is 1. The van der Waals surface area contributed by atoms with Crippen LogP contribution in [0, 0.1) is 0 Å². The number of carboxylic acids is 1. The van der Waals surface area contributed by atoms with E-state index in [-0.39, 0.29) is 12.8 Å². The van der Waals surface area contributed by atoms with Gasteiger partial charge in [0.05, 0.1) is 7.11 Å². The van der Waals surface area contributed by atoms with Crippen molar-refractivity contribution < 1.29 is 19.0 Å². The third kappa shape index (κ3) is 1.45. The number of benzene rings is 1. The Hall–Kier alpha value is -1.58. The number of alkyl halides is 1. The first kappa shape index (κ1) is 10.9. The Morgan fingerprint density at radius 2 is 2.12 bits per heavy atom. The van der Waals surface area contributed by atoms with E-state index >= 15 is 0 Å². The highest BCUT2D eigenvalue weighted by atomic mass is 19.1. The summed E-state index contributed by atoms with van der Waals surface area (Å²) in [6.45, 7) is 0. The van der Waals surface area contributed by atoms with E-state index in [1.54, 1.807) is 24.3 Å². The average Bonchev–Trinajstić information content (AvgIpc) is 2.24. The van der Waals surface area contributed by atoms with Gasteiger partial charge in [-0.25, -0.2) is 4.39 Å². The molecule has 2 rings (SSSR count). The summed E-state index contributed by atoms with van der Waals surface area (Å²) < 4.78 is 18.1. The molecule has 3 nitrogen and oxygen atoms in total. The van der Waals surface area contributed by atoms with Crippen molar-refractivity contribution in [2.24, 2.45) is 0 Å². The molecule has 0 spiro atoms. The first-order chi connectivity index (χ1) is 7.60. The van der Waals surface area contributed by atoms with Crippen molar-refractivity contribution in [3.05, 3.63) is 29.8 Å². The molecule has 1 fully saturated rings. The Labute approximate surface area is 92.9 Å². The van der Waals surface area contributed by atoms with Gasteiger partial charge in [0, 0.05) is 5.56 Å². The van der Waals surface area contributed by atoms with E-state index in [0.29, 0.717) is 11.3 Å². The summed E-state index contributed by atoms with van der Waals surface area (Å²) in [7, 11) is 1.49. The molecule has 1 N–H and O–H groups in total. The lowest BCUT2D eigenvalue weighted by Crippen LogP contribution is -2.49. The minimum Gasteiger partial charge on any atom is -0.496 e. The topological polar surface area (TPSA) is 46.5 Å². The molecule has 1 aliphatic carbocycles. The summed E-state index contributed by atoms with van der Waals surface area (Å²) in [6, 6.07) is 6.90. The van der Waals surface area contributed by atoms with Gasteiger partial charge in [-0.3, -0.25) is 4.79 Å². The smallest absolute Gasteiger partial charge is 0.314 e. The van der Waals surface area contributed by atoms with Crippen molar-refractivity contribution in [2.75, 3.05) is 7.11 Å². The molecule has 1 aromatic carbocycles. The summed E-state index contributed by atoms with van der Waals surface area (Å²) in [6.07, 6.45) is -0.966. The van der Waals surface area contributed by atoms with Gasteiger partial charge < -0.3 is 9.84 Å². The number of carboxylic acid groups (broad SMARTS) is 1. The fourth-order valence-corrected chi connectivity index (χ4v) is 2.25. The van der Waals surface area contributed by atoms with E-state index in [4.69, 9.17) is 4.74 Å². The molecule has 86 valence electrons. The van der Waals surface area contributed by atoms with Crippen LogP contribution in [-0.4, -0.2) is 24.4 Å². The normalized spacial score (nSPS) is 28.2. The number of carbonyl (C=O) groups is 1. The number of methoxy groups -OCH3 is 1. The lowest BCUT2D eigenvalue weighted by molar-refractivity contribution is -0.150. The Balaban J connectivity index is 2.44. The fraction of sp³-hybridized carbons (Fsp3) is 0.417. The predicted octanol–water partition coefficient (Wildman–Crippen LogP) is 2.15. The standard InChI is InChI=1S/C12H13FO3/c1-16-10-5-3-2-4-9(10)12(11(14)15)6-8(13)7-12/h2-5,8H,6-7H2,1H3,(H,14,15). The lowest BCUT2D eigenvalue weighted by atomic mass is 9.63. The first-order valence-corrected chi connectivity index (χ1v) is 5.11. The highest BCUT2D eigenvalue weighted by Gasteiger charge is 2.53. The molecule has 0 atom stereocenters. The molecular formula is C12H13FO3. The van der Waals surface area contributed by atoms with Crippen LogP contribution in [0.1, 0.15) is 18.4 Å². The van der Waals surface area contributed by atoms with Crippen molar-refractivity contribution in [1.29, 1.82) is 0 Å². The molecule has 4 heteroatoms. The van der Waals surface area contributed by atoms with Crippen LogP contribution in [0.15, 0.2) is 24.3 Å². The molecular weight excluding hydrogens is 211 g/mol. The van der Waals surface area contributed by atoms with Crippen molar-refractivity contribution in [1.82, 2.24) is 0 Å². The summed E-state index contributed by atoms with van der Waals surface area (Å²) in [5.41, 5.74) is -0.537. The Morgan fingerprint density at radius 3 is 2.62 bits per heavy atom. The quantitative estimate of drug-likeness (QED) is 0.855. The van der Waals surface area contributed by atoms with Gasteiger partial charge in [0.2, 0.25) is 0 Å². The number of hydrogen-bond donors (Lipinski definition) is 1. The zero-order valence-electron chi connectivity index (χ0n) is 8.94. The van der Waals surface area contributed by atoms with E-state index in [0.717, 1.165) is 0 Å². The summed E-state index contributed by atoms with van der Waals surface area (Å²) in [5, 5.41) is 9.25. The van der Waals surface area contributed by atoms with Gasteiger partial charge in [0.15, 0.2) is 0 Å². The van der Waals surface area contributed by atoms with Crippen molar-refractivity contribution >= 4 is 5.97 Å². The number of hydrogen-bond acceptors (Lipinski definition) is 2. The number of halogens is 1. The molecule has 1 aromatic rings. The van der Waals surface area contributed by atoms with Crippen LogP contribution < -0.4 is 4.74 Å². The molecule has 1 aliphatic rings. The Kier molecular flexibility index (Phi) is 2.58. The molecule has 0 heterocycles. The minimum atomic E-state index is -1.11. The molecule has 0 radical (unpaired) electrons. The molecule has 0 aliphatic heterocycles. The molecule has 0 unspecified atom stereocenters. The van der Waals surface area contributed by atoms with E-state index < -0.39 is 17.6 Å². The number of rotatable bonds is 3. The van der Waals surface area contributed by atoms with Crippen LogP contribution in [-0.2, 0) is 10.2 Å². The second kappa shape index (κ2) is 3.77. The Morgan fingerprint density at radius 1 is 1.50 bits per heavy atom. The summed E-state index contributed by atoms with van der Waals surface area (Å²) in [4.78, 5) is 11.3. The van der Waals surface area contributed by atoms with E-state index in [9.17, 15) is 14.3 Å². The maximum atomic E-state index is 13.0. The lowest BCUT2D eigenvalue weighted by Gasteiger charge is -2.41. The monoisotopic (exact) mass is 224 g/mol. The van der Waals surface area contributed by atoms with Crippen molar-refractivity contribution in [3.8, 4) is 5.75 Å². The van der Waals surface area contributed by atoms with Crippen LogP contribution in [0.4, 0.5) is 4.39 Å². The third-order valence-corrected chi connectivity index (χ3v) is 3.17. The van der Waals surface area contributed by atoms with Crippen LogP contribution in [0.2, 0.25) is 0 Å². The highest BCUT2D eigenvalue weighted by molar-refractivity contribution is 5.84. The number of ether oxygens (including phenoxy) is 1. The van der Waals surface area contributed by atoms with Gasteiger partial charge in [0.1, 0.15) is 17.3 Å². The predicted molar refractivity (Wildman–Crippen MR) is 56.4 cm³/mol. The Bertz CT molecular complexity index is 410. The van der Waals surface area contributed by atoms with Gasteiger partial charge in [-0.2, -0.15) is 0 Å². The second-order valence-corrected chi connectivity index (χ2v) is 4.09. The first-order valence-electron chi connectivity index (χ1n) is 5.11. The van der Waals surface area contributed by atoms with Crippen molar-refractivity contribution in [2.45, 2.75) is 24.4 Å². The maximum absolute atomic E-state index is 13.0. The van der Waals surface area contributed by atoms with Gasteiger partial charge in [-0.15, -0.1) is 0 Å². The van der Waals surface area contributed by atoms with E-state index in [2.05, 4.69) is 0 Å². The fourth-order valence-electron chi connectivity index (χ4n) is 2.25. The largest absolute Gasteiger partial charge is 0.496 e. The van der Waals surface area contributed by atoms with Crippen LogP contribution in [0.3, 0.4) is 0 Å². The van der Waals surface area contributed by atoms with Crippen LogP contribution in [0.25, 0.3) is 0 Å². The molecule has 1 saturated carbocycles. The highest BCUT2D eigenvalue weighted by Crippen LogP contribution is 2.48. The zero-order chi connectivity index (χ0) is 11.8. The van der Waals surface area contributed by atoms with E-state index in [1.165, 1.54) is 7.11 Å². The number of aliphatic carboxylic acids is 1. The van der Waals surface area contributed by atoms with Crippen LogP contribution in [0.5, 0.6) is 5.75 Å². The van der Waals surface area contributed by atoms with Gasteiger partial charge in [0.25, 0.3) is 0 Å². The second-order valence-electron chi connectivity index (χ2n) is 4.09. The average molecular weight is 224 g/mol. The SMILES string of the molecule is COc1ccccc1C1(C(=O)O)CC(F)C1. The minimum absolute atomic E-state index is 0.0305. The molecule has 0 saturated heterocycles. The molecule has 0 amide bonds. The van der Waals surface area contributed by atoms with Gasteiger partial charge >= 0.3 is 5.97 Å². The third-order valence-electron chi connectivity index (χ3n) is 3.17. The molecule has 0 bridgehead atoms. The van der Waals surface area contributed by atoms with E-state index in [1.807, 2.05) is 0 Å². The summed E-state index contributed by atoms with van der Waals surface area (Å²) in [5.74, 6) is -0.470. The van der Waals surface area contributed by atoms with Crippen molar-refractivity contribution in [3.63, 3.8) is 0 Å². The van der Waals surface area contributed by atoms with Gasteiger partial charge in [-0.1, -0.05) is 18.2 Å². The summed E-state index contributed by atoms with van der Waals surface area (Å²) >= 11 is 0. The zero-order valence-corrected chi connectivity index (χ0v) is 8.94. The van der Waals surface area contributed by atoms with Crippen LogP contribution >= 0.6 is 0 Å². The maximum Gasteiger partial charge on any atom is 0.314 e.